The van der Waals surface area contributed by atoms with Crippen molar-refractivity contribution in [3.8, 4) is 0 Å². The van der Waals surface area contributed by atoms with Gasteiger partial charge >= 0.3 is 0 Å². The molecule has 1 aliphatic heterocycles. The third-order valence-electron chi connectivity index (χ3n) is 3.97. The molecule has 2 rings (SSSR count). The summed E-state index contributed by atoms with van der Waals surface area (Å²) >= 11 is 0. The minimum absolute atomic E-state index is 0.118. The van der Waals surface area contributed by atoms with Gasteiger partial charge in [0, 0.05) is 19.6 Å². The van der Waals surface area contributed by atoms with Crippen molar-refractivity contribution in [2.24, 2.45) is 5.92 Å². The number of nitrogens with zero attached hydrogens (tertiary/aromatic N) is 1. The van der Waals surface area contributed by atoms with Crippen LogP contribution in [0.5, 0.6) is 0 Å². The number of anilines is 2. The quantitative estimate of drug-likeness (QED) is 0.876. The van der Waals surface area contributed by atoms with E-state index in [1.807, 2.05) is 19.1 Å². The molecule has 0 radical (unpaired) electrons. The van der Waals surface area contributed by atoms with Gasteiger partial charge in [0.15, 0.2) is 0 Å². The lowest BCUT2D eigenvalue weighted by molar-refractivity contribution is -0.122. The van der Waals surface area contributed by atoms with Crippen LogP contribution >= 0.6 is 0 Å². The smallest absolute Gasteiger partial charge is 0.242 e. The Morgan fingerprint density at radius 1 is 1.33 bits per heavy atom. The van der Waals surface area contributed by atoms with E-state index in [0.717, 1.165) is 43.9 Å². The van der Waals surface area contributed by atoms with E-state index >= 15 is 0 Å². The number of para-hydroxylation sites is 2. The fourth-order valence-corrected chi connectivity index (χ4v) is 2.64. The normalized spacial score (nSPS) is 15.9. The van der Waals surface area contributed by atoms with Gasteiger partial charge in [-0.25, -0.2) is 0 Å². The molecular weight excluding hydrogens is 262 g/mol. The van der Waals surface area contributed by atoms with Crippen LogP contribution in [-0.4, -0.2) is 31.6 Å². The van der Waals surface area contributed by atoms with Gasteiger partial charge in [-0.15, -0.1) is 0 Å². The largest absolute Gasteiger partial charge is 0.383 e. The summed E-state index contributed by atoms with van der Waals surface area (Å²) in [5, 5.41) is 6.49. The molecule has 1 unspecified atom stereocenters. The van der Waals surface area contributed by atoms with E-state index in [1.165, 1.54) is 0 Å². The van der Waals surface area contributed by atoms with Crippen LogP contribution < -0.4 is 15.5 Å². The van der Waals surface area contributed by atoms with Crippen LogP contribution in [0.15, 0.2) is 24.3 Å². The van der Waals surface area contributed by atoms with E-state index < -0.39 is 0 Å². The first-order valence-electron chi connectivity index (χ1n) is 7.97. The SMILES string of the molecule is CC(C)CCNC(=O)C(C)N1CCCNc2ccccc21. The Hall–Kier alpha value is -1.71. The maximum atomic E-state index is 12.4. The molecule has 1 aliphatic rings. The average Bonchev–Trinajstić information content (AvgIpc) is 2.68. The summed E-state index contributed by atoms with van der Waals surface area (Å²) in [7, 11) is 0. The van der Waals surface area contributed by atoms with Gasteiger partial charge in [0.25, 0.3) is 0 Å². The highest BCUT2D eigenvalue weighted by Crippen LogP contribution is 2.29. The van der Waals surface area contributed by atoms with Crippen molar-refractivity contribution >= 4 is 17.3 Å². The Morgan fingerprint density at radius 3 is 2.86 bits per heavy atom. The number of carbonyl (C=O) groups is 1. The molecule has 116 valence electrons. The zero-order valence-electron chi connectivity index (χ0n) is 13.4. The maximum Gasteiger partial charge on any atom is 0.242 e. The minimum atomic E-state index is -0.141. The highest BCUT2D eigenvalue weighted by Gasteiger charge is 2.24. The first kappa shape index (κ1) is 15.7. The predicted molar refractivity (Wildman–Crippen MR) is 88.8 cm³/mol. The molecule has 0 bridgehead atoms. The number of amides is 1. The summed E-state index contributed by atoms with van der Waals surface area (Å²) in [6.07, 6.45) is 2.06. The molecule has 1 heterocycles. The molecule has 0 saturated heterocycles. The number of fused-ring (bicyclic) bond motifs is 1. The average molecular weight is 289 g/mol. The van der Waals surface area contributed by atoms with E-state index in [4.69, 9.17) is 0 Å². The number of hydrogen-bond donors (Lipinski definition) is 2. The number of benzene rings is 1. The Bertz CT molecular complexity index is 473. The molecule has 1 amide bonds. The molecule has 21 heavy (non-hydrogen) atoms. The molecule has 1 atom stereocenters. The lowest BCUT2D eigenvalue weighted by atomic mass is 10.1. The lowest BCUT2D eigenvalue weighted by Gasteiger charge is -2.30. The van der Waals surface area contributed by atoms with Gasteiger partial charge in [0.05, 0.1) is 11.4 Å². The van der Waals surface area contributed by atoms with Crippen LogP contribution in [0, 0.1) is 5.92 Å². The summed E-state index contributed by atoms with van der Waals surface area (Å²) in [6, 6.07) is 8.09. The molecule has 1 aromatic rings. The second kappa shape index (κ2) is 7.34. The summed E-state index contributed by atoms with van der Waals surface area (Å²) in [5.74, 6) is 0.732. The highest BCUT2D eigenvalue weighted by molar-refractivity contribution is 5.86. The van der Waals surface area contributed by atoms with Crippen LogP contribution in [-0.2, 0) is 4.79 Å². The second-order valence-electron chi connectivity index (χ2n) is 6.14. The van der Waals surface area contributed by atoms with Crippen molar-refractivity contribution < 1.29 is 4.79 Å². The zero-order valence-corrected chi connectivity index (χ0v) is 13.4. The highest BCUT2D eigenvalue weighted by atomic mass is 16.2. The third-order valence-corrected chi connectivity index (χ3v) is 3.97. The topological polar surface area (TPSA) is 44.4 Å². The van der Waals surface area contributed by atoms with E-state index in [-0.39, 0.29) is 11.9 Å². The van der Waals surface area contributed by atoms with Gasteiger partial charge in [-0.3, -0.25) is 4.79 Å². The lowest BCUT2D eigenvalue weighted by Crippen LogP contribution is -2.46. The number of nitrogens with one attached hydrogen (secondary N) is 2. The van der Waals surface area contributed by atoms with Gasteiger partial charge in [-0.1, -0.05) is 26.0 Å². The van der Waals surface area contributed by atoms with E-state index in [1.54, 1.807) is 0 Å². The molecule has 0 saturated carbocycles. The Kier molecular flexibility index (Phi) is 5.48. The molecule has 4 nitrogen and oxygen atoms in total. The van der Waals surface area contributed by atoms with Crippen molar-refractivity contribution in [3.63, 3.8) is 0 Å². The number of rotatable bonds is 5. The standard InChI is InChI=1S/C17H27N3O/c1-13(2)9-11-19-17(21)14(3)20-12-6-10-18-15-7-4-5-8-16(15)20/h4-5,7-8,13-14,18H,6,9-12H2,1-3H3,(H,19,21). The third kappa shape index (κ3) is 4.13. The van der Waals surface area contributed by atoms with Crippen LogP contribution in [0.3, 0.4) is 0 Å². The fraction of sp³-hybridized carbons (Fsp3) is 0.588. The Labute approximate surface area is 127 Å². The van der Waals surface area contributed by atoms with E-state index in [9.17, 15) is 4.79 Å². The van der Waals surface area contributed by atoms with E-state index in [2.05, 4.69) is 41.5 Å². The maximum absolute atomic E-state index is 12.4. The molecule has 0 aromatic heterocycles. The van der Waals surface area contributed by atoms with Crippen LogP contribution in [0.25, 0.3) is 0 Å². The van der Waals surface area contributed by atoms with Crippen molar-refractivity contribution in [2.45, 2.75) is 39.7 Å². The molecule has 0 fully saturated rings. The molecule has 4 heteroatoms. The summed E-state index contributed by atoms with van der Waals surface area (Å²) < 4.78 is 0. The van der Waals surface area contributed by atoms with Crippen molar-refractivity contribution in [3.05, 3.63) is 24.3 Å². The van der Waals surface area contributed by atoms with Gasteiger partial charge in [0.1, 0.15) is 6.04 Å². The zero-order chi connectivity index (χ0) is 15.2. The first-order valence-corrected chi connectivity index (χ1v) is 7.97. The van der Waals surface area contributed by atoms with Gasteiger partial charge in [-0.05, 0) is 37.8 Å². The summed E-state index contributed by atoms with van der Waals surface area (Å²) in [4.78, 5) is 14.6. The molecular formula is C17H27N3O. The monoisotopic (exact) mass is 289 g/mol. The first-order chi connectivity index (χ1) is 10.1. The second-order valence-corrected chi connectivity index (χ2v) is 6.14. The summed E-state index contributed by atoms with van der Waals surface area (Å²) in [5.41, 5.74) is 2.25. The van der Waals surface area contributed by atoms with Crippen LogP contribution in [0.2, 0.25) is 0 Å². The van der Waals surface area contributed by atoms with E-state index in [0.29, 0.717) is 5.92 Å². The molecule has 0 spiro atoms. The fourth-order valence-electron chi connectivity index (χ4n) is 2.64. The molecule has 2 N–H and O–H groups in total. The minimum Gasteiger partial charge on any atom is -0.383 e. The molecule has 1 aromatic carbocycles. The van der Waals surface area contributed by atoms with Gasteiger partial charge in [-0.2, -0.15) is 0 Å². The number of carbonyl (C=O) groups excluding carboxylic acids is 1. The van der Waals surface area contributed by atoms with Crippen molar-refractivity contribution in [1.29, 1.82) is 0 Å². The number of hydrogen-bond acceptors (Lipinski definition) is 3. The van der Waals surface area contributed by atoms with Gasteiger partial charge in [0.2, 0.25) is 5.91 Å². The van der Waals surface area contributed by atoms with Gasteiger partial charge < -0.3 is 15.5 Å². The predicted octanol–water partition coefficient (Wildman–Crippen LogP) is 2.86. The Balaban J connectivity index is 2.04. The van der Waals surface area contributed by atoms with Crippen LogP contribution in [0.4, 0.5) is 11.4 Å². The summed E-state index contributed by atoms with van der Waals surface area (Å²) in [6.45, 7) is 8.96. The Morgan fingerprint density at radius 2 is 2.10 bits per heavy atom. The van der Waals surface area contributed by atoms with Crippen molar-refractivity contribution in [2.75, 3.05) is 29.9 Å². The van der Waals surface area contributed by atoms with Crippen LogP contribution in [0.1, 0.15) is 33.6 Å². The molecule has 0 aliphatic carbocycles. The van der Waals surface area contributed by atoms with Crippen molar-refractivity contribution in [1.82, 2.24) is 5.32 Å².